The second-order valence-corrected chi connectivity index (χ2v) is 8.91. The third-order valence-corrected chi connectivity index (χ3v) is 5.70. The molecule has 1 unspecified atom stereocenters. The highest BCUT2D eigenvalue weighted by molar-refractivity contribution is 9.10. The van der Waals surface area contributed by atoms with Gasteiger partial charge >= 0.3 is 0 Å². The van der Waals surface area contributed by atoms with Crippen molar-refractivity contribution >= 4 is 26.9 Å². The van der Waals surface area contributed by atoms with E-state index >= 15 is 0 Å². The summed E-state index contributed by atoms with van der Waals surface area (Å²) in [6, 6.07) is 6.06. The van der Waals surface area contributed by atoms with Crippen molar-refractivity contribution in [2.24, 2.45) is 0 Å². The number of aliphatic hydroxyl groups excluding tert-OH is 1. The number of hydrogen-bond acceptors (Lipinski definition) is 2. The lowest BCUT2D eigenvalue weighted by molar-refractivity contribution is 0.183. The monoisotopic (exact) mass is 345 g/mol. The summed E-state index contributed by atoms with van der Waals surface area (Å²) < 4.78 is 16.2. The Labute approximate surface area is 125 Å². The first kappa shape index (κ1) is 15.2. The zero-order chi connectivity index (χ0) is 14.3. The third kappa shape index (κ3) is 2.94. The predicted octanol–water partition coefficient (Wildman–Crippen LogP) is 2.63. The molecule has 1 aromatic rings. The average Bonchev–Trinajstić information content (AvgIpc) is 2.67. The number of halogens is 1. The summed E-state index contributed by atoms with van der Waals surface area (Å²) in [5.74, 6) is 0. The number of aryl methyl sites for hydroxylation is 1. The van der Waals surface area contributed by atoms with Crippen molar-refractivity contribution in [2.75, 3.05) is 6.61 Å². The molecule has 106 valence electrons. The van der Waals surface area contributed by atoms with Gasteiger partial charge in [0.25, 0.3) is 0 Å². The summed E-state index contributed by atoms with van der Waals surface area (Å²) in [4.78, 5) is 0. The fourth-order valence-corrected chi connectivity index (χ4v) is 3.70. The summed E-state index contributed by atoms with van der Waals surface area (Å²) in [6.45, 7) is 5.75. The highest BCUT2D eigenvalue weighted by Gasteiger charge is 2.41. The van der Waals surface area contributed by atoms with Gasteiger partial charge in [0.05, 0.1) is 27.9 Å². The van der Waals surface area contributed by atoms with Crippen molar-refractivity contribution < 1.29 is 9.32 Å². The molecule has 19 heavy (non-hydrogen) atoms. The van der Waals surface area contributed by atoms with Crippen LogP contribution in [0, 0.1) is 0 Å². The first-order valence-electron chi connectivity index (χ1n) is 6.38. The van der Waals surface area contributed by atoms with E-state index in [9.17, 15) is 9.32 Å². The van der Waals surface area contributed by atoms with Crippen LogP contribution in [0.2, 0.25) is 0 Å². The Kier molecular flexibility index (Phi) is 4.21. The summed E-state index contributed by atoms with van der Waals surface area (Å²) in [5, 5.41) is 9.84. The maximum absolute atomic E-state index is 12.3. The number of nitrogens with one attached hydrogen (secondary N) is 1. The molecule has 0 spiro atoms. The normalized spacial score (nSPS) is 24.3. The topological polar surface area (TPSA) is 49.3 Å². The summed E-state index contributed by atoms with van der Waals surface area (Å²) in [5.41, 5.74) is 1.70. The minimum absolute atomic E-state index is 0.0382. The Balaban J connectivity index is 2.35. The molecular weight excluding hydrogens is 326 g/mol. The summed E-state index contributed by atoms with van der Waals surface area (Å²) in [7, 11) is -1.20. The molecule has 1 aromatic carbocycles. The molecule has 0 bridgehead atoms. The van der Waals surface area contributed by atoms with Crippen LogP contribution < -0.4 is 4.72 Å². The van der Waals surface area contributed by atoms with Gasteiger partial charge in [0.2, 0.25) is 0 Å². The molecule has 0 aromatic heterocycles. The predicted molar refractivity (Wildman–Crippen MR) is 82.3 cm³/mol. The van der Waals surface area contributed by atoms with Crippen LogP contribution in [0.3, 0.4) is 0 Å². The molecule has 2 rings (SSSR count). The van der Waals surface area contributed by atoms with E-state index in [1.54, 1.807) is 0 Å². The van der Waals surface area contributed by atoms with Gasteiger partial charge in [0.1, 0.15) is 0 Å². The van der Waals surface area contributed by atoms with Crippen LogP contribution in [0.5, 0.6) is 0 Å². The van der Waals surface area contributed by atoms with Crippen LogP contribution in [-0.4, -0.2) is 20.7 Å². The molecule has 1 aliphatic rings. The van der Waals surface area contributed by atoms with E-state index in [2.05, 4.69) is 26.7 Å². The smallest absolute Gasteiger partial charge is 0.0979 e. The minimum Gasteiger partial charge on any atom is -0.394 e. The molecule has 3 nitrogen and oxygen atoms in total. The first-order chi connectivity index (χ1) is 8.78. The maximum atomic E-state index is 12.3. The number of fused-ring (bicyclic) bond motifs is 1. The second-order valence-electron chi connectivity index (χ2n) is 6.02. The molecule has 0 saturated carbocycles. The Morgan fingerprint density at radius 3 is 2.74 bits per heavy atom. The van der Waals surface area contributed by atoms with E-state index in [0.29, 0.717) is 0 Å². The van der Waals surface area contributed by atoms with E-state index < -0.39 is 16.5 Å². The number of hydrogen-bond donors (Lipinski definition) is 2. The quantitative estimate of drug-likeness (QED) is 0.884. The Morgan fingerprint density at radius 1 is 1.47 bits per heavy atom. The lowest BCUT2D eigenvalue weighted by atomic mass is 9.94. The van der Waals surface area contributed by atoms with Crippen molar-refractivity contribution in [2.45, 2.75) is 43.9 Å². The van der Waals surface area contributed by atoms with Crippen LogP contribution in [0.4, 0.5) is 0 Å². The molecule has 0 radical (unpaired) electrons. The van der Waals surface area contributed by atoms with Gasteiger partial charge in [0.15, 0.2) is 0 Å². The van der Waals surface area contributed by atoms with Gasteiger partial charge in [-0.15, -0.1) is 0 Å². The van der Waals surface area contributed by atoms with Crippen molar-refractivity contribution in [3.8, 4) is 0 Å². The molecule has 0 amide bonds. The third-order valence-electron chi connectivity index (χ3n) is 3.52. The first-order valence-corrected chi connectivity index (χ1v) is 8.32. The molecule has 0 saturated heterocycles. The zero-order valence-electron chi connectivity index (χ0n) is 11.5. The summed E-state index contributed by atoms with van der Waals surface area (Å²) >= 11 is 3.46. The van der Waals surface area contributed by atoms with Gasteiger partial charge in [-0.05, 0) is 56.9 Å². The highest BCUT2D eigenvalue weighted by Crippen LogP contribution is 2.38. The van der Waals surface area contributed by atoms with Crippen LogP contribution >= 0.6 is 15.9 Å². The van der Waals surface area contributed by atoms with Gasteiger partial charge in [0, 0.05) is 4.47 Å². The van der Waals surface area contributed by atoms with Crippen LogP contribution in [0.25, 0.3) is 0 Å². The molecule has 0 heterocycles. The van der Waals surface area contributed by atoms with E-state index in [4.69, 9.17) is 0 Å². The molecule has 0 aliphatic heterocycles. The Bertz CT molecular complexity index is 513. The molecule has 2 atom stereocenters. The van der Waals surface area contributed by atoms with Crippen LogP contribution in [-0.2, 0) is 22.9 Å². The van der Waals surface area contributed by atoms with Crippen molar-refractivity contribution in [1.29, 1.82) is 0 Å². The number of benzene rings is 1. The fourth-order valence-electron chi connectivity index (χ4n) is 2.35. The SMILES string of the molecule is CC(C)(C)S(=O)N[C@]1(CO)CCc2cc(Br)ccc21. The molecule has 0 fully saturated rings. The molecule has 2 N–H and O–H groups in total. The Morgan fingerprint density at radius 2 is 2.16 bits per heavy atom. The second kappa shape index (κ2) is 5.28. The average molecular weight is 346 g/mol. The van der Waals surface area contributed by atoms with Gasteiger partial charge in [-0.2, -0.15) is 0 Å². The number of rotatable bonds is 3. The summed E-state index contributed by atoms with van der Waals surface area (Å²) in [6.07, 6.45) is 1.67. The lowest BCUT2D eigenvalue weighted by Gasteiger charge is -2.32. The van der Waals surface area contributed by atoms with Gasteiger partial charge < -0.3 is 5.11 Å². The molecular formula is C14H20BrNO2S. The van der Waals surface area contributed by atoms with Crippen molar-refractivity contribution in [3.63, 3.8) is 0 Å². The minimum atomic E-state index is -1.20. The number of aliphatic hydroxyl groups is 1. The van der Waals surface area contributed by atoms with E-state index in [1.807, 2.05) is 32.9 Å². The van der Waals surface area contributed by atoms with Crippen LogP contribution in [0.1, 0.15) is 38.3 Å². The van der Waals surface area contributed by atoms with Crippen molar-refractivity contribution in [1.82, 2.24) is 4.72 Å². The van der Waals surface area contributed by atoms with Gasteiger partial charge in [-0.3, -0.25) is 0 Å². The van der Waals surface area contributed by atoms with Crippen LogP contribution in [0.15, 0.2) is 22.7 Å². The Hall–Kier alpha value is -0.230. The fraction of sp³-hybridized carbons (Fsp3) is 0.571. The van der Waals surface area contributed by atoms with E-state index in [1.165, 1.54) is 5.56 Å². The lowest BCUT2D eigenvalue weighted by Crippen LogP contribution is -2.49. The zero-order valence-corrected chi connectivity index (χ0v) is 13.9. The molecule has 1 aliphatic carbocycles. The van der Waals surface area contributed by atoms with E-state index in [0.717, 1.165) is 22.9 Å². The maximum Gasteiger partial charge on any atom is 0.0979 e. The van der Waals surface area contributed by atoms with Gasteiger partial charge in [-0.25, -0.2) is 8.93 Å². The van der Waals surface area contributed by atoms with Gasteiger partial charge in [-0.1, -0.05) is 22.0 Å². The largest absolute Gasteiger partial charge is 0.394 e. The molecule has 5 heteroatoms. The van der Waals surface area contributed by atoms with E-state index in [-0.39, 0.29) is 11.4 Å². The van der Waals surface area contributed by atoms with Crippen molar-refractivity contribution in [3.05, 3.63) is 33.8 Å². The highest BCUT2D eigenvalue weighted by atomic mass is 79.9. The standard InChI is InChI=1S/C14H20BrNO2S/c1-13(2,3)19(18)16-14(9-17)7-6-10-8-11(15)4-5-12(10)14/h4-5,8,16-17H,6-7,9H2,1-3H3/t14-,19?/m0/s1.